The second-order valence-corrected chi connectivity index (χ2v) is 17.7. The molecule has 13 heteroatoms. The summed E-state index contributed by atoms with van der Waals surface area (Å²) in [4.78, 5) is 12.9. The van der Waals surface area contributed by atoms with Gasteiger partial charge in [-0.1, -0.05) is 163 Å². The molecule has 6 unspecified atom stereocenters. The fourth-order valence-corrected chi connectivity index (χ4v) is 7.53. The molecule has 374 valence electrons. The van der Waals surface area contributed by atoms with Gasteiger partial charge in [0.25, 0.3) is 0 Å². The number of hydrogen-bond donors (Lipinski definition) is 4. The van der Waals surface area contributed by atoms with Crippen molar-refractivity contribution in [3.8, 4) is 0 Å². The highest BCUT2D eigenvalue weighted by atomic mass is 32.3. The number of esters is 1. The third-order valence-electron chi connectivity index (χ3n) is 10.8. The maximum atomic E-state index is 12.9. The van der Waals surface area contributed by atoms with E-state index in [1.54, 1.807) is 0 Å². The molecule has 0 saturated carbocycles. The van der Waals surface area contributed by atoms with E-state index in [2.05, 4.69) is 103 Å². The van der Waals surface area contributed by atoms with Crippen LogP contribution in [0, 0.1) is 0 Å². The second-order valence-electron chi connectivity index (χ2n) is 16.7. The van der Waals surface area contributed by atoms with Gasteiger partial charge in [-0.15, -0.1) is 0 Å². The molecular formula is C52H88O12S. The number of carbonyl (C=O) groups is 1. The molecule has 1 aliphatic rings. The Labute approximate surface area is 393 Å². The molecule has 0 radical (unpaired) electrons. The number of aliphatic hydroxyl groups is 3. The van der Waals surface area contributed by atoms with Crippen LogP contribution >= 0.6 is 0 Å². The minimum absolute atomic E-state index is 0.0133. The largest absolute Gasteiger partial charge is 0.457 e. The number of ether oxygens (including phenoxy) is 4. The first-order valence-electron chi connectivity index (χ1n) is 24.8. The SMILES string of the molecule is CC/C=C\C/C=C\C/C=C\C/C=C\C/C=C\CCCCCC(=O)OC(COCCCCCCCCCC/C=C\C/C=C\CCCCCC)COC1OC(CO)C(O)C(OS(=O)(=O)O)C1O. The fourth-order valence-electron chi connectivity index (χ4n) is 7.02. The molecule has 0 aliphatic carbocycles. The van der Waals surface area contributed by atoms with Gasteiger partial charge in [-0.25, -0.2) is 4.18 Å². The first-order chi connectivity index (χ1) is 31.6. The fraction of sp³-hybridized carbons (Fsp3) is 0.712. The number of unbranched alkanes of at least 4 members (excludes halogenated alkanes) is 15. The van der Waals surface area contributed by atoms with Crippen molar-refractivity contribution in [2.45, 2.75) is 211 Å². The first kappa shape index (κ1) is 60.3. The van der Waals surface area contributed by atoms with Crippen LogP contribution in [0.1, 0.15) is 174 Å². The molecule has 0 aromatic carbocycles. The molecule has 65 heavy (non-hydrogen) atoms. The van der Waals surface area contributed by atoms with Crippen molar-refractivity contribution >= 4 is 16.4 Å². The van der Waals surface area contributed by atoms with E-state index >= 15 is 0 Å². The van der Waals surface area contributed by atoms with E-state index in [9.17, 15) is 33.1 Å². The number of rotatable bonds is 42. The van der Waals surface area contributed by atoms with Crippen molar-refractivity contribution in [2.24, 2.45) is 0 Å². The highest BCUT2D eigenvalue weighted by Crippen LogP contribution is 2.26. The zero-order valence-corrected chi connectivity index (χ0v) is 40.8. The van der Waals surface area contributed by atoms with Crippen molar-refractivity contribution in [2.75, 3.05) is 26.4 Å². The summed E-state index contributed by atoms with van der Waals surface area (Å²) in [5, 5.41) is 30.7. The molecule has 1 saturated heterocycles. The Balaban J connectivity index is 2.43. The van der Waals surface area contributed by atoms with Gasteiger partial charge in [0.15, 0.2) is 6.29 Å². The smallest absolute Gasteiger partial charge is 0.397 e. The Morgan fingerprint density at radius 1 is 0.600 bits per heavy atom. The minimum atomic E-state index is -5.07. The van der Waals surface area contributed by atoms with E-state index in [0.717, 1.165) is 83.5 Å². The summed E-state index contributed by atoms with van der Waals surface area (Å²) in [7, 11) is -5.07. The van der Waals surface area contributed by atoms with Crippen molar-refractivity contribution in [1.82, 2.24) is 0 Å². The molecule has 0 aromatic rings. The zero-order chi connectivity index (χ0) is 47.5. The van der Waals surface area contributed by atoms with Gasteiger partial charge >= 0.3 is 16.4 Å². The summed E-state index contributed by atoms with van der Waals surface area (Å²) >= 11 is 0. The monoisotopic (exact) mass is 937 g/mol. The Hall–Kier alpha value is -2.72. The van der Waals surface area contributed by atoms with Gasteiger partial charge in [-0.3, -0.25) is 9.35 Å². The van der Waals surface area contributed by atoms with Crippen LogP contribution in [0.25, 0.3) is 0 Å². The lowest BCUT2D eigenvalue weighted by Gasteiger charge is -2.41. The number of hydrogen-bond acceptors (Lipinski definition) is 11. The van der Waals surface area contributed by atoms with Crippen LogP contribution in [-0.2, 0) is 38.3 Å². The van der Waals surface area contributed by atoms with Crippen molar-refractivity contribution in [1.29, 1.82) is 0 Å². The molecular weight excluding hydrogens is 849 g/mol. The zero-order valence-electron chi connectivity index (χ0n) is 40.0. The highest BCUT2D eigenvalue weighted by Gasteiger charge is 2.48. The summed E-state index contributed by atoms with van der Waals surface area (Å²) in [6, 6.07) is 0. The molecule has 0 spiro atoms. The van der Waals surface area contributed by atoms with Gasteiger partial charge < -0.3 is 34.3 Å². The summed E-state index contributed by atoms with van der Waals surface area (Å²) in [6.07, 6.45) is 47.5. The number of carbonyl (C=O) groups excluding carboxylic acids is 1. The molecule has 1 fully saturated rings. The average molecular weight is 937 g/mol. The summed E-state index contributed by atoms with van der Waals surface area (Å²) in [5.41, 5.74) is 0. The molecule has 12 nitrogen and oxygen atoms in total. The normalized spacial score (nSPS) is 20.4. The molecule has 6 atom stereocenters. The summed E-state index contributed by atoms with van der Waals surface area (Å²) in [6.45, 7) is 3.80. The Bertz CT molecular complexity index is 1450. The number of aliphatic hydroxyl groups excluding tert-OH is 3. The lowest BCUT2D eigenvalue weighted by molar-refractivity contribution is -0.301. The molecule has 0 bridgehead atoms. The highest BCUT2D eigenvalue weighted by molar-refractivity contribution is 7.80. The van der Waals surface area contributed by atoms with E-state index in [1.807, 2.05) is 0 Å². The third kappa shape index (κ3) is 36.1. The van der Waals surface area contributed by atoms with Crippen LogP contribution in [0.3, 0.4) is 0 Å². The summed E-state index contributed by atoms with van der Waals surface area (Å²) < 4.78 is 59.2. The predicted molar refractivity (Wildman–Crippen MR) is 262 cm³/mol. The lowest BCUT2D eigenvalue weighted by Crippen LogP contribution is -2.60. The van der Waals surface area contributed by atoms with E-state index in [4.69, 9.17) is 18.9 Å². The number of allylic oxidation sites excluding steroid dienone is 14. The van der Waals surface area contributed by atoms with Gasteiger partial charge in [0.1, 0.15) is 30.5 Å². The Kier molecular flexibility index (Phi) is 39.5. The molecule has 4 N–H and O–H groups in total. The first-order valence-corrected chi connectivity index (χ1v) is 26.2. The minimum Gasteiger partial charge on any atom is -0.457 e. The van der Waals surface area contributed by atoms with Crippen LogP contribution in [0.2, 0.25) is 0 Å². The van der Waals surface area contributed by atoms with Gasteiger partial charge in [-0.05, 0) is 89.9 Å². The second kappa shape index (κ2) is 42.6. The average Bonchev–Trinajstić information content (AvgIpc) is 3.28. The van der Waals surface area contributed by atoms with Gasteiger partial charge in [0.05, 0.1) is 19.8 Å². The quantitative estimate of drug-likeness (QED) is 0.0197. The van der Waals surface area contributed by atoms with Crippen LogP contribution in [0.4, 0.5) is 0 Å². The van der Waals surface area contributed by atoms with Gasteiger partial charge in [-0.2, -0.15) is 8.42 Å². The van der Waals surface area contributed by atoms with E-state index < -0.39 is 59.8 Å². The van der Waals surface area contributed by atoms with Gasteiger partial charge in [0.2, 0.25) is 0 Å². The van der Waals surface area contributed by atoms with Crippen LogP contribution in [-0.4, -0.2) is 97.5 Å². The van der Waals surface area contributed by atoms with Crippen LogP contribution in [0.15, 0.2) is 85.1 Å². The standard InChI is InChI=1S/C52H88O12S/c1-3-5-7-9-11-13-15-17-19-21-23-25-27-29-31-33-35-37-39-41-48(54)62-46(45-61-52-50(56)51(64-65(57,58)59)49(55)47(43-53)63-52)44-60-42-40-38-36-34-32-30-28-26-24-22-20-18-16-14-12-10-8-6-4-2/h5,7,11,13-14,16-17,19-20,22-23,25,29,31,46-47,49-53,55-56H,3-4,6,8-10,12,15,18,21,24,26-28,30,32-45H2,1-2H3,(H,57,58,59)/b7-5-,13-11-,16-14-,19-17-,22-20-,25-23-,31-29-. The molecule has 1 rings (SSSR count). The molecule has 1 heterocycles. The van der Waals surface area contributed by atoms with Crippen LogP contribution in [0.5, 0.6) is 0 Å². The van der Waals surface area contributed by atoms with E-state index in [0.29, 0.717) is 13.0 Å². The molecule has 1 aliphatic heterocycles. The van der Waals surface area contributed by atoms with Crippen molar-refractivity contribution in [3.05, 3.63) is 85.1 Å². The lowest BCUT2D eigenvalue weighted by atomic mass is 9.99. The Morgan fingerprint density at radius 3 is 1.55 bits per heavy atom. The van der Waals surface area contributed by atoms with E-state index in [1.165, 1.54) is 64.2 Å². The summed E-state index contributed by atoms with van der Waals surface area (Å²) in [5.74, 6) is -0.435. The molecule has 0 aromatic heterocycles. The van der Waals surface area contributed by atoms with E-state index in [-0.39, 0.29) is 19.6 Å². The maximum absolute atomic E-state index is 12.9. The van der Waals surface area contributed by atoms with Crippen molar-refractivity contribution < 1.29 is 56.2 Å². The van der Waals surface area contributed by atoms with Crippen LogP contribution < -0.4 is 0 Å². The topological polar surface area (TPSA) is 178 Å². The molecule has 0 amide bonds. The van der Waals surface area contributed by atoms with Crippen molar-refractivity contribution in [3.63, 3.8) is 0 Å². The Morgan fingerprint density at radius 2 is 1.06 bits per heavy atom. The third-order valence-corrected chi connectivity index (χ3v) is 11.2. The van der Waals surface area contributed by atoms with Gasteiger partial charge in [0, 0.05) is 13.0 Å². The maximum Gasteiger partial charge on any atom is 0.397 e. The predicted octanol–water partition coefficient (Wildman–Crippen LogP) is 11.2.